The molecular formula is C15H18FNO2. The number of carbonyl (C=O) groups excluding carboxylic acids is 1. The van der Waals surface area contributed by atoms with Crippen LogP contribution in [0.4, 0.5) is 4.39 Å². The Hall–Kier alpha value is -1.58. The van der Waals surface area contributed by atoms with Crippen LogP contribution < -0.4 is 4.74 Å². The minimum absolute atomic E-state index is 0.123. The molecule has 1 fully saturated rings. The molecule has 0 saturated heterocycles. The van der Waals surface area contributed by atoms with Gasteiger partial charge in [-0.05, 0) is 37.0 Å². The normalized spacial score (nSPS) is 22.4. The van der Waals surface area contributed by atoms with Gasteiger partial charge >= 0.3 is 0 Å². The molecule has 1 saturated carbocycles. The van der Waals surface area contributed by atoms with Gasteiger partial charge < -0.3 is 9.64 Å². The molecule has 0 bridgehead atoms. The molecule has 1 amide bonds. The lowest BCUT2D eigenvalue weighted by Crippen LogP contribution is -2.42. The zero-order valence-electron chi connectivity index (χ0n) is 11.1. The summed E-state index contributed by atoms with van der Waals surface area (Å²) in [6.07, 6.45) is 2.80. The van der Waals surface area contributed by atoms with Crippen molar-refractivity contribution in [1.29, 1.82) is 0 Å². The van der Waals surface area contributed by atoms with Crippen molar-refractivity contribution in [2.24, 2.45) is 5.92 Å². The molecule has 4 heteroatoms. The van der Waals surface area contributed by atoms with E-state index in [-0.39, 0.29) is 17.8 Å². The lowest BCUT2D eigenvalue weighted by Gasteiger charge is -2.29. The highest BCUT2D eigenvalue weighted by molar-refractivity contribution is 5.76. The molecule has 1 aliphatic carbocycles. The number of fused-ring (bicyclic) bond motifs is 1. The van der Waals surface area contributed by atoms with Gasteiger partial charge in [-0.1, -0.05) is 6.92 Å². The molecule has 0 aromatic heterocycles. The number of nitrogens with zero attached hydrogens (tertiary/aromatic N) is 1. The molecule has 1 atom stereocenters. The summed E-state index contributed by atoms with van der Waals surface area (Å²) in [5.74, 6) is 1.10. The largest absolute Gasteiger partial charge is 0.491 e. The van der Waals surface area contributed by atoms with Crippen LogP contribution in [0.15, 0.2) is 18.2 Å². The molecule has 1 aromatic carbocycles. The first kappa shape index (κ1) is 12.5. The zero-order valence-corrected chi connectivity index (χ0v) is 11.1. The molecule has 0 spiro atoms. The second-order valence-electron chi connectivity index (χ2n) is 5.34. The van der Waals surface area contributed by atoms with Crippen molar-refractivity contribution in [2.45, 2.75) is 38.8 Å². The summed E-state index contributed by atoms with van der Waals surface area (Å²) in [5, 5.41) is 0. The average molecular weight is 263 g/mol. The predicted molar refractivity (Wildman–Crippen MR) is 69.2 cm³/mol. The van der Waals surface area contributed by atoms with Crippen LogP contribution in [0.1, 0.15) is 31.7 Å². The van der Waals surface area contributed by atoms with Crippen molar-refractivity contribution in [2.75, 3.05) is 6.61 Å². The maximum absolute atomic E-state index is 13.3. The van der Waals surface area contributed by atoms with Crippen molar-refractivity contribution in [3.63, 3.8) is 0 Å². The molecule has 0 unspecified atom stereocenters. The topological polar surface area (TPSA) is 29.5 Å². The smallest absolute Gasteiger partial charge is 0.222 e. The molecule has 2 aliphatic rings. The number of carbonyl (C=O) groups is 1. The van der Waals surface area contributed by atoms with Crippen LogP contribution in [-0.4, -0.2) is 23.5 Å². The predicted octanol–water partition coefficient (Wildman–Crippen LogP) is 2.74. The lowest BCUT2D eigenvalue weighted by atomic mass is 10.1. The highest BCUT2D eigenvalue weighted by Gasteiger charge is 2.39. The van der Waals surface area contributed by atoms with Gasteiger partial charge in [-0.2, -0.15) is 0 Å². The van der Waals surface area contributed by atoms with E-state index in [1.807, 2.05) is 11.8 Å². The number of hydrogen-bond acceptors (Lipinski definition) is 2. The fourth-order valence-electron chi connectivity index (χ4n) is 2.73. The Morgan fingerprint density at radius 3 is 2.95 bits per heavy atom. The second-order valence-corrected chi connectivity index (χ2v) is 5.34. The maximum atomic E-state index is 13.3. The summed E-state index contributed by atoms with van der Waals surface area (Å²) in [7, 11) is 0. The van der Waals surface area contributed by atoms with Crippen molar-refractivity contribution in [3.8, 4) is 5.75 Å². The van der Waals surface area contributed by atoms with E-state index in [2.05, 4.69) is 0 Å². The monoisotopic (exact) mass is 263 g/mol. The Morgan fingerprint density at radius 1 is 1.47 bits per heavy atom. The van der Waals surface area contributed by atoms with Gasteiger partial charge in [0.05, 0.1) is 6.04 Å². The van der Waals surface area contributed by atoms with Gasteiger partial charge in [0.25, 0.3) is 0 Å². The Kier molecular flexibility index (Phi) is 3.17. The zero-order chi connectivity index (χ0) is 13.4. The first-order chi connectivity index (χ1) is 9.19. The van der Waals surface area contributed by atoms with Crippen LogP contribution in [-0.2, 0) is 11.3 Å². The van der Waals surface area contributed by atoms with E-state index in [4.69, 9.17) is 4.74 Å². The third kappa shape index (κ3) is 2.44. The standard InChI is InChI=1S/C15H18FNO2/c1-2-15(18)17-8-11-7-12(16)5-6-14(11)19-9-13(17)10-3-4-10/h5-7,10,13H,2-4,8-9H2,1H3/t13-/m0/s1. The summed E-state index contributed by atoms with van der Waals surface area (Å²) in [4.78, 5) is 14.0. The maximum Gasteiger partial charge on any atom is 0.222 e. The first-order valence-corrected chi connectivity index (χ1v) is 6.89. The van der Waals surface area contributed by atoms with Crippen molar-refractivity contribution < 1.29 is 13.9 Å². The average Bonchev–Trinajstić information content (AvgIpc) is 3.22. The van der Waals surface area contributed by atoms with Crippen LogP contribution in [0.25, 0.3) is 0 Å². The van der Waals surface area contributed by atoms with Crippen molar-refractivity contribution >= 4 is 5.91 Å². The summed E-state index contributed by atoms with van der Waals surface area (Å²) < 4.78 is 19.1. The summed E-state index contributed by atoms with van der Waals surface area (Å²) in [6, 6.07) is 4.68. The lowest BCUT2D eigenvalue weighted by molar-refractivity contribution is -0.134. The van der Waals surface area contributed by atoms with Gasteiger partial charge in [0, 0.05) is 18.5 Å². The molecule has 0 N–H and O–H groups in total. The van der Waals surface area contributed by atoms with Gasteiger partial charge in [-0.15, -0.1) is 0 Å². The number of ether oxygens (including phenoxy) is 1. The van der Waals surface area contributed by atoms with E-state index >= 15 is 0 Å². The van der Waals surface area contributed by atoms with Crippen LogP contribution >= 0.6 is 0 Å². The molecule has 1 aliphatic heterocycles. The van der Waals surface area contributed by atoms with Gasteiger partial charge in [-0.25, -0.2) is 4.39 Å². The van der Waals surface area contributed by atoms with Gasteiger partial charge in [0.2, 0.25) is 5.91 Å². The van der Waals surface area contributed by atoms with Crippen molar-refractivity contribution in [3.05, 3.63) is 29.6 Å². The molecule has 0 radical (unpaired) electrons. The highest BCUT2D eigenvalue weighted by Crippen LogP contribution is 2.38. The quantitative estimate of drug-likeness (QED) is 0.821. The molecular weight excluding hydrogens is 245 g/mol. The molecule has 19 heavy (non-hydrogen) atoms. The number of hydrogen-bond donors (Lipinski definition) is 0. The van der Waals surface area contributed by atoms with Crippen LogP contribution in [0.5, 0.6) is 5.75 Å². The molecule has 102 valence electrons. The Bertz CT molecular complexity index is 499. The van der Waals surface area contributed by atoms with Gasteiger partial charge in [-0.3, -0.25) is 4.79 Å². The fraction of sp³-hybridized carbons (Fsp3) is 0.533. The third-order valence-corrected chi connectivity index (χ3v) is 3.96. The van der Waals surface area contributed by atoms with E-state index < -0.39 is 0 Å². The van der Waals surface area contributed by atoms with E-state index in [0.29, 0.717) is 31.2 Å². The number of benzene rings is 1. The number of rotatable bonds is 2. The number of halogens is 1. The molecule has 3 rings (SSSR count). The van der Waals surface area contributed by atoms with Crippen molar-refractivity contribution in [1.82, 2.24) is 4.90 Å². The van der Waals surface area contributed by atoms with Crippen LogP contribution in [0, 0.1) is 11.7 Å². The minimum Gasteiger partial charge on any atom is -0.491 e. The third-order valence-electron chi connectivity index (χ3n) is 3.96. The van der Waals surface area contributed by atoms with Crippen LogP contribution in [0.3, 0.4) is 0 Å². The SMILES string of the molecule is CCC(=O)N1Cc2cc(F)ccc2OC[C@H]1C1CC1. The fourth-order valence-corrected chi connectivity index (χ4v) is 2.73. The summed E-state index contributed by atoms with van der Waals surface area (Å²) in [5.41, 5.74) is 0.768. The summed E-state index contributed by atoms with van der Waals surface area (Å²) in [6.45, 7) is 2.85. The Morgan fingerprint density at radius 2 is 2.26 bits per heavy atom. The van der Waals surface area contributed by atoms with E-state index in [1.165, 1.54) is 12.1 Å². The van der Waals surface area contributed by atoms with E-state index in [9.17, 15) is 9.18 Å². The first-order valence-electron chi connectivity index (χ1n) is 6.89. The van der Waals surface area contributed by atoms with E-state index in [0.717, 1.165) is 18.4 Å². The van der Waals surface area contributed by atoms with Gasteiger partial charge in [0.15, 0.2) is 0 Å². The molecule has 1 heterocycles. The van der Waals surface area contributed by atoms with Gasteiger partial charge in [0.1, 0.15) is 18.2 Å². The highest BCUT2D eigenvalue weighted by atomic mass is 19.1. The molecule has 1 aromatic rings. The molecule has 3 nitrogen and oxygen atoms in total. The Labute approximate surface area is 112 Å². The minimum atomic E-state index is -0.281. The van der Waals surface area contributed by atoms with E-state index in [1.54, 1.807) is 6.07 Å². The Balaban J connectivity index is 1.92. The number of amides is 1. The van der Waals surface area contributed by atoms with Crippen LogP contribution in [0.2, 0.25) is 0 Å². The summed E-state index contributed by atoms with van der Waals surface area (Å²) >= 11 is 0. The second kappa shape index (κ2) is 4.83.